The third-order valence-corrected chi connectivity index (χ3v) is 3.41. The lowest BCUT2D eigenvalue weighted by Gasteiger charge is -2.10. The summed E-state index contributed by atoms with van der Waals surface area (Å²) in [5.74, 6) is 0.194. The maximum Gasteiger partial charge on any atom is 0.335 e. The topological polar surface area (TPSA) is 96.7 Å². The van der Waals surface area contributed by atoms with E-state index in [1.807, 2.05) is 0 Å². The van der Waals surface area contributed by atoms with Gasteiger partial charge in [0.2, 0.25) is 5.88 Å². The first kappa shape index (κ1) is 14.1. The van der Waals surface area contributed by atoms with Gasteiger partial charge in [0.05, 0.1) is 18.8 Å². The van der Waals surface area contributed by atoms with E-state index in [0.29, 0.717) is 11.4 Å². The molecule has 0 spiro atoms. The SMILES string of the molecule is COc1ccc(-n2c(O)c(C=NC3CC3)c(=O)[nH]c2=O)cc1. The maximum atomic E-state index is 12.0. The predicted octanol–water partition coefficient (Wildman–Crippen LogP) is 0.821. The van der Waals surface area contributed by atoms with E-state index in [4.69, 9.17) is 4.74 Å². The number of aromatic nitrogens is 2. The Morgan fingerprint density at radius 2 is 2.00 bits per heavy atom. The molecule has 1 aliphatic carbocycles. The molecule has 0 aliphatic heterocycles. The number of benzene rings is 1. The molecule has 1 aromatic carbocycles. The van der Waals surface area contributed by atoms with Gasteiger partial charge in [0, 0.05) is 6.21 Å². The molecule has 3 rings (SSSR count). The Balaban J connectivity index is 2.11. The first-order valence-corrected chi connectivity index (χ1v) is 6.86. The standard InChI is InChI=1S/C15H15N3O4/c1-22-11-6-4-10(5-7-11)18-14(20)12(8-16-9-2-3-9)13(19)17-15(18)21/h4-9,20H,2-3H2,1H3,(H,17,19,21). The van der Waals surface area contributed by atoms with Crippen molar-refractivity contribution >= 4 is 6.21 Å². The summed E-state index contributed by atoms with van der Waals surface area (Å²) in [6.07, 6.45) is 3.28. The highest BCUT2D eigenvalue weighted by atomic mass is 16.5. The summed E-state index contributed by atoms with van der Waals surface area (Å²) in [5.41, 5.74) is -0.976. The van der Waals surface area contributed by atoms with E-state index in [2.05, 4.69) is 9.98 Å². The summed E-state index contributed by atoms with van der Waals surface area (Å²) in [6.45, 7) is 0. The lowest BCUT2D eigenvalue weighted by Crippen LogP contribution is -2.31. The van der Waals surface area contributed by atoms with Crippen LogP contribution in [0.1, 0.15) is 18.4 Å². The summed E-state index contributed by atoms with van der Waals surface area (Å²) in [5, 5.41) is 10.3. The highest BCUT2D eigenvalue weighted by molar-refractivity contribution is 5.82. The minimum absolute atomic E-state index is 0.0256. The van der Waals surface area contributed by atoms with E-state index in [9.17, 15) is 14.7 Å². The van der Waals surface area contributed by atoms with E-state index < -0.39 is 17.1 Å². The molecule has 0 atom stereocenters. The predicted molar refractivity (Wildman–Crippen MR) is 81.5 cm³/mol. The molecule has 1 fully saturated rings. The second kappa shape index (κ2) is 5.51. The zero-order valence-electron chi connectivity index (χ0n) is 11.9. The van der Waals surface area contributed by atoms with Crippen LogP contribution in [0.25, 0.3) is 5.69 Å². The number of nitrogens with one attached hydrogen (secondary N) is 1. The summed E-state index contributed by atoms with van der Waals surface area (Å²) in [7, 11) is 1.53. The van der Waals surface area contributed by atoms with Gasteiger partial charge in [-0.25, -0.2) is 9.36 Å². The smallest absolute Gasteiger partial charge is 0.335 e. The normalized spacial score (nSPS) is 14.4. The third-order valence-electron chi connectivity index (χ3n) is 3.41. The molecule has 0 bridgehead atoms. The van der Waals surface area contributed by atoms with Crippen molar-refractivity contribution in [3.63, 3.8) is 0 Å². The molecule has 0 saturated heterocycles. The molecule has 1 aromatic heterocycles. The van der Waals surface area contributed by atoms with Gasteiger partial charge in [-0.15, -0.1) is 0 Å². The van der Waals surface area contributed by atoms with E-state index in [-0.39, 0.29) is 11.6 Å². The molecule has 1 heterocycles. The highest BCUT2D eigenvalue weighted by Crippen LogP contribution is 2.24. The second-order valence-electron chi connectivity index (χ2n) is 5.04. The fourth-order valence-corrected chi connectivity index (χ4v) is 2.03. The number of H-pyrrole nitrogens is 1. The van der Waals surface area contributed by atoms with Crippen LogP contribution in [-0.2, 0) is 0 Å². The van der Waals surface area contributed by atoms with Crippen molar-refractivity contribution in [2.75, 3.05) is 7.11 Å². The van der Waals surface area contributed by atoms with Gasteiger partial charge in [-0.05, 0) is 37.1 Å². The maximum absolute atomic E-state index is 12.0. The monoisotopic (exact) mass is 301 g/mol. The van der Waals surface area contributed by atoms with Crippen molar-refractivity contribution < 1.29 is 9.84 Å². The van der Waals surface area contributed by atoms with Crippen molar-refractivity contribution in [3.8, 4) is 17.3 Å². The van der Waals surface area contributed by atoms with Crippen LogP contribution in [0.2, 0.25) is 0 Å². The Kier molecular flexibility index (Phi) is 3.54. The molecular weight excluding hydrogens is 286 g/mol. The van der Waals surface area contributed by atoms with Gasteiger partial charge in [-0.3, -0.25) is 14.8 Å². The number of hydrogen-bond acceptors (Lipinski definition) is 5. The van der Waals surface area contributed by atoms with E-state index in [0.717, 1.165) is 17.4 Å². The van der Waals surface area contributed by atoms with E-state index in [1.165, 1.54) is 13.3 Å². The van der Waals surface area contributed by atoms with Crippen LogP contribution in [-0.4, -0.2) is 34.0 Å². The number of aromatic amines is 1. The number of aromatic hydroxyl groups is 1. The average Bonchev–Trinajstić information content (AvgIpc) is 3.31. The molecule has 0 unspecified atom stereocenters. The van der Waals surface area contributed by atoms with Gasteiger partial charge in [0.25, 0.3) is 5.56 Å². The Bertz CT molecular complexity index is 829. The molecular formula is C15H15N3O4. The first-order chi connectivity index (χ1) is 10.6. The Labute approximate surface area is 125 Å². The van der Waals surface area contributed by atoms with E-state index in [1.54, 1.807) is 24.3 Å². The second-order valence-corrected chi connectivity index (χ2v) is 5.04. The van der Waals surface area contributed by atoms with Gasteiger partial charge in [0.1, 0.15) is 11.3 Å². The quantitative estimate of drug-likeness (QED) is 0.817. The zero-order chi connectivity index (χ0) is 15.7. The number of hydrogen-bond donors (Lipinski definition) is 2. The summed E-state index contributed by atoms with van der Waals surface area (Å²) in [4.78, 5) is 30.2. The fourth-order valence-electron chi connectivity index (χ4n) is 2.03. The number of nitrogens with zero attached hydrogens (tertiary/aromatic N) is 2. The minimum atomic E-state index is -0.712. The molecule has 0 radical (unpaired) electrons. The van der Waals surface area contributed by atoms with Gasteiger partial charge >= 0.3 is 5.69 Å². The lowest BCUT2D eigenvalue weighted by molar-refractivity contribution is 0.414. The molecule has 0 amide bonds. The molecule has 22 heavy (non-hydrogen) atoms. The number of aliphatic imine (C=N–C) groups is 1. The minimum Gasteiger partial charge on any atom is -0.497 e. The molecule has 114 valence electrons. The van der Waals surface area contributed by atoms with Gasteiger partial charge in [-0.1, -0.05) is 0 Å². The van der Waals surface area contributed by atoms with Crippen LogP contribution in [0.15, 0.2) is 38.8 Å². The van der Waals surface area contributed by atoms with Crippen LogP contribution < -0.4 is 16.0 Å². The molecule has 2 aromatic rings. The van der Waals surface area contributed by atoms with Crippen molar-refractivity contribution in [2.24, 2.45) is 4.99 Å². The van der Waals surface area contributed by atoms with Gasteiger partial charge in [-0.2, -0.15) is 0 Å². The average molecular weight is 301 g/mol. The first-order valence-electron chi connectivity index (χ1n) is 6.86. The zero-order valence-corrected chi connectivity index (χ0v) is 11.9. The number of ether oxygens (including phenoxy) is 1. The van der Waals surface area contributed by atoms with Crippen LogP contribution in [0.3, 0.4) is 0 Å². The van der Waals surface area contributed by atoms with Crippen LogP contribution in [0.5, 0.6) is 11.6 Å². The number of methoxy groups -OCH3 is 1. The van der Waals surface area contributed by atoms with E-state index >= 15 is 0 Å². The summed E-state index contributed by atoms with van der Waals surface area (Å²) >= 11 is 0. The van der Waals surface area contributed by atoms with Gasteiger partial charge < -0.3 is 9.84 Å². The summed E-state index contributed by atoms with van der Waals surface area (Å²) < 4.78 is 6.07. The number of rotatable bonds is 4. The van der Waals surface area contributed by atoms with Crippen LogP contribution in [0.4, 0.5) is 0 Å². The molecule has 2 N–H and O–H groups in total. The highest BCUT2D eigenvalue weighted by Gasteiger charge is 2.20. The van der Waals surface area contributed by atoms with Crippen molar-refractivity contribution in [1.82, 2.24) is 9.55 Å². The molecule has 7 nitrogen and oxygen atoms in total. The lowest BCUT2D eigenvalue weighted by atomic mass is 10.2. The molecule has 1 aliphatic rings. The third kappa shape index (κ3) is 2.65. The van der Waals surface area contributed by atoms with Crippen molar-refractivity contribution in [3.05, 3.63) is 50.7 Å². The summed E-state index contributed by atoms with van der Waals surface area (Å²) in [6, 6.07) is 6.74. The Hall–Kier alpha value is -2.83. The Morgan fingerprint density at radius 1 is 1.32 bits per heavy atom. The van der Waals surface area contributed by atoms with Crippen LogP contribution >= 0.6 is 0 Å². The molecule has 7 heteroatoms. The van der Waals surface area contributed by atoms with Crippen molar-refractivity contribution in [2.45, 2.75) is 18.9 Å². The fraction of sp³-hybridized carbons (Fsp3) is 0.267. The van der Waals surface area contributed by atoms with Crippen molar-refractivity contribution in [1.29, 1.82) is 0 Å². The largest absolute Gasteiger partial charge is 0.497 e. The molecule has 1 saturated carbocycles. The Morgan fingerprint density at radius 3 is 2.59 bits per heavy atom. The van der Waals surface area contributed by atoms with Gasteiger partial charge in [0.15, 0.2) is 0 Å². The van der Waals surface area contributed by atoms with Crippen LogP contribution in [0, 0.1) is 0 Å².